The minimum absolute atomic E-state index is 0.340. The van der Waals surface area contributed by atoms with E-state index in [1.165, 1.54) is 50.1 Å². The summed E-state index contributed by atoms with van der Waals surface area (Å²) in [4.78, 5) is 2.34. The van der Waals surface area contributed by atoms with Crippen molar-refractivity contribution in [3.05, 3.63) is 235 Å². The van der Waals surface area contributed by atoms with Crippen LogP contribution in [0.5, 0.6) is 0 Å². The lowest BCUT2D eigenvalue weighted by Crippen LogP contribution is -2.22. The van der Waals surface area contributed by atoms with Crippen LogP contribution >= 0.6 is 0 Å². The summed E-state index contributed by atoms with van der Waals surface area (Å²) >= 11 is 0. The molecule has 0 amide bonds. The van der Waals surface area contributed by atoms with Crippen LogP contribution in [0.4, 0.5) is 17.1 Å². The maximum atomic E-state index is 6.91. The second kappa shape index (κ2) is 13.7. The molecule has 0 spiro atoms. The van der Waals surface area contributed by atoms with Crippen molar-refractivity contribution in [2.75, 3.05) is 4.90 Å². The van der Waals surface area contributed by atoms with Crippen LogP contribution in [0.2, 0.25) is 0 Å². The van der Waals surface area contributed by atoms with Gasteiger partial charge in [0.15, 0.2) is 0 Å². The van der Waals surface area contributed by atoms with Crippen LogP contribution in [-0.2, 0) is 5.41 Å². The lowest BCUT2D eigenvalue weighted by Gasteiger charge is -2.28. The van der Waals surface area contributed by atoms with E-state index in [1.807, 2.05) is 0 Å². The number of hydrogen-bond acceptors (Lipinski definition) is 2. The van der Waals surface area contributed by atoms with Crippen LogP contribution in [0.25, 0.3) is 66.4 Å². The largest absolute Gasteiger partial charge is 0.456 e. The third-order valence-electron chi connectivity index (χ3n) is 12.2. The van der Waals surface area contributed by atoms with Gasteiger partial charge < -0.3 is 9.32 Å². The fraction of sp³-hybridized carbons (Fsp3) is 0.0357. The molecule has 0 unspecified atom stereocenters. The average molecular weight is 742 g/mol. The third kappa shape index (κ3) is 5.49. The van der Waals surface area contributed by atoms with E-state index < -0.39 is 0 Å². The number of benzene rings is 9. The minimum atomic E-state index is -0.340. The van der Waals surface area contributed by atoms with Crippen molar-refractivity contribution in [2.24, 2.45) is 0 Å². The zero-order valence-electron chi connectivity index (χ0n) is 32.1. The van der Waals surface area contributed by atoms with Crippen LogP contribution in [0, 0.1) is 0 Å². The normalized spacial score (nSPS) is 12.7. The molecule has 0 N–H and O–H groups in total. The molecule has 0 fully saturated rings. The highest BCUT2D eigenvalue weighted by Gasteiger charge is 2.42. The van der Waals surface area contributed by atoms with Gasteiger partial charge >= 0.3 is 0 Å². The zero-order chi connectivity index (χ0) is 38.6. The highest BCUT2D eigenvalue weighted by Crippen LogP contribution is 2.54. The van der Waals surface area contributed by atoms with Crippen molar-refractivity contribution in [3.8, 4) is 44.5 Å². The molecule has 1 heterocycles. The first-order valence-electron chi connectivity index (χ1n) is 20.0. The first-order valence-corrected chi connectivity index (χ1v) is 20.0. The van der Waals surface area contributed by atoms with Crippen LogP contribution in [-0.4, -0.2) is 0 Å². The van der Waals surface area contributed by atoms with Gasteiger partial charge in [0.25, 0.3) is 0 Å². The Bertz CT molecular complexity index is 3060. The summed E-state index contributed by atoms with van der Waals surface area (Å²) in [5.41, 5.74) is 18.2. The Morgan fingerprint density at radius 3 is 1.45 bits per heavy atom. The average Bonchev–Trinajstić information content (AvgIpc) is 3.80. The lowest BCUT2D eigenvalue weighted by atomic mass is 9.74. The maximum Gasteiger partial charge on any atom is 0.139 e. The molecular weight excluding hydrogens is 703 g/mol. The van der Waals surface area contributed by atoms with E-state index in [2.05, 4.69) is 230 Å². The molecule has 1 aliphatic carbocycles. The summed E-state index contributed by atoms with van der Waals surface area (Å²) < 4.78 is 6.91. The standard InChI is InChI=1S/C56H39NO/c1-56(51-23-10-8-20-47(51)48-21-9-11-24-52(48)56)53-25-13-22-50-49-35-30-43(37-54(49)58-55(50)53)41-28-33-45(34-29-41)57(44-31-26-40(27-32-44)38-14-4-2-5-15-38)46-19-12-18-42(36-46)39-16-6-3-7-17-39/h2-37H,1H3. The first-order chi connectivity index (χ1) is 28.6. The molecule has 0 bridgehead atoms. The smallest absolute Gasteiger partial charge is 0.139 e. The van der Waals surface area contributed by atoms with Gasteiger partial charge in [-0.05, 0) is 111 Å². The Hall–Kier alpha value is -7.42. The van der Waals surface area contributed by atoms with Gasteiger partial charge in [-0.1, -0.05) is 170 Å². The van der Waals surface area contributed by atoms with Crippen molar-refractivity contribution in [1.82, 2.24) is 0 Å². The van der Waals surface area contributed by atoms with E-state index in [0.29, 0.717) is 0 Å². The van der Waals surface area contributed by atoms with Crippen LogP contribution in [0.15, 0.2) is 223 Å². The quantitative estimate of drug-likeness (QED) is 0.162. The van der Waals surface area contributed by atoms with Gasteiger partial charge in [-0.25, -0.2) is 0 Å². The van der Waals surface area contributed by atoms with Gasteiger partial charge in [-0.2, -0.15) is 0 Å². The number of hydrogen-bond donors (Lipinski definition) is 0. The number of para-hydroxylation sites is 1. The molecule has 11 rings (SSSR count). The Balaban J connectivity index is 0.978. The molecular formula is C56H39NO. The molecule has 58 heavy (non-hydrogen) atoms. The topological polar surface area (TPSA) is 16.4 Å². The second-order valence-corrected chi connectivity index (χ2v) is 15.4. The third-order valence-corrected chi connectivity index (χ3v) is 12.2. The summed E-state index contributed by atoms with van der Waals surface area (Å²) in [6.07, 6.45) is 0. The summed E-state index contributed by atoms with van der Waals surface area (Å²) in [6.45, 7) is 2.35. The highest BCUT2D eigenvalue weighted by atomic mass is 16.3. The number of nitrogens with zero attached hydrogens (tertiary/aromatic N) is 1. The summed E-state index contributed by atoms with van der Waals surface area (Å²) in [5, 5.41) is 2.27. The fourth-order valence-electron chi connectivity index (χ4n) is 9.25. The van der Waals surface area contributed by atoms with Gasteiger partial charge in [-0.3, -0.25) is 0 Å². The molecule has 0 aliphatic heterocycles. The highest BCUT2D eigenvalue weighted by molar-refractivity contribution is 6.08. The zero-order valence-corrected chi connectivity index (χ0v) is 32.1. The van der Waals surface area contributed by atoms with E-state index in [9.17, 15) is 0 Å². The fourth-order valence-corrected chi connectivity index (χ4v) is 9.25. The lowest BCUT2D eigenvalue weighted by molar-refractivity contribution is 0.638. The summed E-state index contributed by atoms with van der Waals surface area (Å²) in [5.74, 6) is 0. The number of anilines is 3. The predicted octanol–water partition coefficient (Wildman–Crippen LogP) is 15.4. The van der Waals surface area contributed by atoms with Gasteiger partial charge in [0.1, 0.15) is 11.2 Å². The molecule has 10 aromatic rings. The van der Waals surface area contributed by atoms with Crippen molar-refractivity contribution in [1.29, 1.82) is 0 Å². The Morgan fingerprint density at radius 2 is 0.810 bits per heavy atom. The maximum absolute atomic E-state index is 6.91. The molecule has 1 aromatic heterocycles. The molecule has 0 saturated carbocycles. The van der Waals surface area contributed by atoms with Crippen molar-refractivity contribution >= 4 is 39.0 Å². The van der Waals surface area contributed by atoms with E-state index in [4.69, 9.17) is 4.42 Å². The van der Waals surface area contributed by atoms with Gasteiger partial charge in [0.05, 0.1) is 0 Å². The number of furan rings is 1. The van der Waals surface area contributed by atoms with Crippen LogP contribution in [0.3, 0.4) is 0 Å². The Morgan fingerprint density at radius 1 is 0.345 bits per heavy atom. The van der Waals surface area contributed by atoms with Gasteiger partial charge in [0.2, 0.25) is 0 Å². The molecule has 0 radical (unpaired) electrons. The van der Waals surface area contributed by atoms with E-state index in [1.54, 1.807) is 0 Å². The molecule has 9 aromatic carbocycles. The molecule has 0 atom stereocenters. The van der Waals surface area contributed by atoms with E-state index in [-0.39, 0.29) is 5.41 Å². The molecule has 2 heteroatoms. The second-order valence-electron chi connectivity index (χ2n) is 15.4. The van der Waals surface area contributed by atoms with Gasteiger partial charge in [-0.15, -0.1) is 0 Å². The number of rotatable bonds is 7. The number of fused-ring (bicyclic) bond motifs is 6. The van der Waals surface area contributed by atoms with Crippen LogP contribution in [0.1, 0.15) is 23.6 Å². The van der Waals surface area contributed by atoms with E-state index in [0.717, 1.165) is 50.1 Å². The van der Waals surface area contributed by atoms with Crippen molar-refractivity contribution < 1.29 is 4.42 Å². The van der Waals surface area contributed by atoms with Crippen molar-refractivity contribution in [2.45, 2.75) is 12.3 Å². The molecule has 1 aliphatic rings. The molecule has 274 valence electrons. The van der Waals surface area contributed by atoms with E-state index >= 15 is 0 Å². The monoisotopic (exact) mass is 741 g/mol. The first kappa shape index (κ1) is 33.9. The van der Waals surface area contributed by atoms with Gasteiger partial charge in [0, 0.05) is 38.8 Å². The summed E-state index contributed by atoms with van der Waals surface area (Å²) in [6, 6.07) is 78.6. The Labute approximate surface area is 338 Å². The predicted molar refractivity (Wildman–Crippen MR) is 242 cm³/mol. The Kier molecular flexibility index (Phi) is 7.97. The minimum Gasteiger partial charge on any atom is -0.456 e. The molecule has 2 nitrogen and oxygen atoms in total. The SMILES string of the molecule is CC1(c2cccc3c2oc2cc(-c4ccc(N(c5ccc(-c6ccccc6)cc5)c5cccc(-c6ccccc6)c5)cc4)ccc23)c2ccccc2-c2ccccc21. The molecule has 0 saturated heterocycles. The van der Waals surface area contributed by atoms with Crippen molar-refractivity contribution in [3.63, 3.8) is 0 Å². The van der Waals surface area contributed by atoms with Crippen LogP contribution < -0.4 is 4.90 Å². The summed E-state index contributed by atoms with van der Waals surface area (Å²) in [7, 11) is 0.